The Hall–Kier alpha value is -16.0. The van der Waals surface area contributed by atoms with Crippen LogP contribution in [0.1, 0.15) is 47.2 Å². The summed E-state index contributed by atoms with van der Waals surface area (Å²) in [5.41, 5.74) is 34.9. The summed E-state index contributed by atoms with van der Waals surface area (Å²) < 4.78 is 9.47. The van der Waals surface area contributed by atoms with Crippen molar-refractivity contribution in [3.8, 4) is 56.1 Å². The zero-order valence-corrected chi connectivity index (χ0v) is 69.7. The first-order valence-electron chi connectivity index (χ1n) is 43.2. The van der Waals surface area contributed by atoms with Crippen molar-refractivity contribution >= 4 is 110 Å². The van der Waals surface area contributed by atoms with Gasteiger partial charge in [-0.2, -0.15) is 0 Å². The van der Waals surface area contributed by atoms with Crippen molar-refractivity contribution in [2.24, 2.45) is 0 Å². The van der Waals surface area contributed by atoms with E-state index in [4.69, 9.17) is 0 Å². The van der Waals surface area contributed by atoms with Crippen molar-refractivity contribution in [1.29, 1.82) is 0 Å². The number of fused-ring (bicyclic) bond motifs is 15. The molecule has 24 rings (SSSR count). The van der Waals surface area contributed by atoms with E-state index in [1.807, 2.05) is 24.3 Å². The molecule has 0 amide bonds. The largest absolute Gasteiger partial charge is 0.356 e. The number of para-hydroxylation sites is 8. The van der Waals surface area contributed by atoms with E-state index in [0.29, 0.717) is 0 Å². The lowest BCUT2D eigenvalue weighted by Gasteiger charge is -2.22. The molecule has 4 aromatic heterocycles. The summed E-state index contributed by atoms with van der Waals surface area (Å²) in [7, 11) is 0. The van der Waals surface area contributed by atoms with Crippen LogP contribution < -0.4 is 10.6 Å². The van der Waals surface area contributed by atoms with Gasteiger partial charge >= 0.3 is 0 Å². The van der Waals surface area contributed by atoms with E-state index in [2.05, 4.69) is 492 Å². The predicted molar refractivity (Wildman–Crippen MR) is 530 cm³/mol. The number of rotatable bonds is 14. The van der Waals surface area contributed by atoms with Crippen LogP contribution in [0.3, 0.4) is 0 Å². The summed E-state index contributed by atoms with van der Waals surface area (Å²) in [4.78, 5) is 0. The standard InChI is InChI=1S/C34H27N.2C30H22N2.C25H19N/c1-34(2)30-14-8-6-12-26(30)27-18-16-23(21-31(27)34)20-24-17-19-29-28-13-7-9-15-32(28)35(33(29)22-24)25-10-4-3-5-11-25;1-3-9-22(10-4-1)23-15-18-26(19-16-23)32-29-14-8-7-13-27(29)28-20-17-25(21-30(28)32)31-24-11-5-2-6-12-24;1-3-9-22(10-4-1)23-15-17-24(18-16-23)31-25-19-20-30-28(21-25)27-13-7-8-14-29(27)32(30)26-11-5-2-6-12-26;1-3-9-19(10-4-1)17-20-15-16-23-22-13-7-8-14-24(22)26(25(23)18-20)21-11-5-2-6-12-21/h3-19,21-22H,20H2,1-2H3;2*1-21,31H;1-16,18H,17H2. The highest BCUT2D eigenvalue weighted by Crippen LogP contribution is 2.49. The number of nitrogens with one attached hydrogen (secondary N) is 2. The highest BCUT2D eigenvalue weighted by Gasteiger charge is 2.35. The van der Waals surface area contributed by atoms with Gasteiger partial charge in [0.1, 0.15) is 0 Å². The molecule has 0 unspecified atom stereocenters. The number of anilines is 4. The van der Waals surface area contributed by atoms with Crippen molar-refractivity contribution in [1.82, 2.24) is 18.3 Å². The second kappa shape index (κ2) is 33.5. The molecule has 0 aliphatic heterocycles. The highest BCUT2D eigenvalue weighted by atomic mass is 15.0. The Balaban J connectivity index is 0.000000102. The maximum absolute atomic E-state index is 3.58. The number of hydrogen-bond acceptors (Lipinski definition) is 2. The zero-order chi connectivity index (χ0) is 83.6. The third kappa shape index (κ3) is 15.0. The van der Waals surface area contributed by atoms with E-state index in [0.717, 1.165) is 41.3 Å². The third-order valence-electron chi connectivity index (χ3n) is 24.7. The van der Waals surface area contributed by atoms with E-state index in [1.165, 1.54) is 171 Å². The van der Waals surface area contributed by atoms with E-state index in [-0.39, 0.29) is 5.41 Å². The van der Waals surface area contributed by atoms with Crippen LogP contribution in [0, 0.1) is 0 Å². The summed E-state index contributed by atoms with van der Waals surface area (Å²) in [5, 5.41) is 17.4. The van der Waals surface area contributed by atoms with E-state index in [1.54, 1.807) is 0 Å². The Morgan fingerprint density at radius 2 is 0.488 bits per heavy atom. The predicted octanol–water partition coefficient (Wildman–Crippen LogP) is 31.4. The summed E-state index contributed by atoms with van der Waals surface area (Å²) in [6, 6.07) is 169. The fourth-order valence-corrected chi connectivity index (χ4v) is 18.8. The minimum absolute atomic E-state index is 0.0334. The third-order valence-corrected chi connectivity index (χ3v) is 24.7. The fourth-order valence-electron chi connectivity index (χ4n) is 18.8. The number of benzene rings is 19. The summed E-state index contributed by atoms with van der Waals surface area (Å²) in [6.07, 6.45) is 1.87. The van der Waals surface area contributed by atoms with E-state index in [9.17, 15) is 0 Å². The van der Waals surface area contributed by atoms with Crippen LogP contribution in [0.5, 0.6) is 0 Å². The maximum atomic E-state index is 3.58. The molecular formula is C119H90N6. The van der Waals surface area contributed by atoms with Gasteiger partial charge in [-0.15, -0.1) is 0 Å². The molecule has 0 saturated carbocycles. The van der Waals surface area contributed by atoms with Crippen molar-refractivity contribution < 1.29 is 0 Å². The van der Waals surface area contributed by atoms with Gasteiger partial charge in [-0.3, -0.25) is 0 Å². The second-order valence-corrected chi connectivity index (χ2v) is 32.9. The SMILES string of the molecule is CC1(C)c2ccccc2-c2ccc(Cc3ccc4c5ccccc5n(-c5ccccc5)c4c3)cc21.c1ccc(-c2ccc(Nc3ccc4c(c3)c3ccccc3n4-c3ccccc3)cc2)cc1.c1ccc(Cc2ccc3c4ccccc4n(-c4ccccc4)c3c2)cc1.c1ccc(Nc2ccc3c4ccccc4n(-c4ccc(-c5ccccc5)cc4)c3c2)cc1. The van der Waals surface area contributed by atoms with Crippen LogP contribution in [0.4, 0.5) is 22.7 Å². The second-order valence-electron chi connectivity index (χ2n) is 32.9. The minimum Gasteiger partial charge on any atom is -0.356 e. The van der Waals surface area contributed by atoms with Crippen LogP contribution >= 0.6 is 0 Å². The van der Waals surface area contributed by atoms with Crippen LogP contribution in [0.15, 0.2) is 473 Å². The molecule has 125 heavy (non-hydrogen) atoms. The lowest BCUT2D eigenvalue weighted by molar-refractivity contribution is 0.659. The van der Waals surface area contributed by atoms with Gasteiger partial charge in [0, 0.05) is 94.0 Å². The molecule has 0 bridgehead atoms. The fraction of sp³-hybridized carbons (Fsp3) is 0.0420. The highest BCUT2D eigenvalue weighted by molar-refractivity contribution is 6.13. The van der Waals surface area contributed by atoms with Gasteiger partial charge in [0.2, 0.25) is 0 Å². The zero-order valence-electron chi connectivity index (χ0n) is 69.7. The normalized spacial score (nSPS) is 11.9. The van der Waals surface area contributed by atoms with Gasteiger partial charge in [-0.05, 0) is 219 Å². The number of hydrogen-bond donors (Lipinski definition) is 2. The summed E-state index contributed by atoms with van der Waals surface area (Å²) in [6.45, 7) is 4.71. The Morgan fingerprint density at radius 1 is 0.184 bits per heavy atom. The molecule has 1 aliphatic rings. The first-order valence-corrected chi connectivity index (χ1v) is 43.2. The molecule has 0 fully saturated rings. The lowest BCUT2D eigenvalue weighted by Crippen LogP contribution is -2.15. The molecule has 0 atom stereocenters. The molecule has 6 nitrogen and oxygen atoms in total. The number of aromatic nitrogens is 4. The number of nitrogens with zero attached hydrogens (tertiary/aromatic N) is 4. The molecule has 23 aromatic rings. The average Bonchev–Trinajstić information content (AvgIpc) is 1.60. The molecule has 2 N–H and O–H groups in total. The summed E-state index contributed by atoms with van der Waals surface area (Å²) >= 11 is 0. The molecule has 596 valence electrons. The Kier molecular flexibility index (Phi) is 20.5. The topological polar surface area (TPSA) is 43.8 Å². The summed E-state index contributed by atoms with van der Waals surface area (Å²) in [5.74, 6) is 0. The van der Waals surface area contributed by atoms with Crippen molar-refractivity contribution in [3.05, 3.63) is 507 Å². The van der Waals surface area contributed by atoms with Crippen LogP contribution in [0.25, 0.3) is 143 Å². The molecule has 1 aliphatic carbocycles. The van der Waals surface area contributed by atoms with Crippen molar-refractivity contribution in [2.45, 2.75) is 32.1 Å². The maximum Gasteiger partial charge on any atom is 0.0561 e. The molecule has 0 spiro atoms. The van der Waals surface area contributed by atoms with Gasteiger partial charge in [0.15, 0.2) is 0 Å². The molecular weight excluding hydrogens is 1510 g/mol. The lowest BCUT2D eigenvalue weighted by atomic mass is 9.81. The van der Waals surface area contributed by atoms with E-state index >= 15 is 0 Å². The van der Waals surface area contributed by atoms with Gasteiger partial charge in [0.05, 0.1) is 44.1 Å². The molecule has 19 aromatic carbocycles. The minimum atomic E-state index is 0.0334. The molecule has 0 saturated heterocycles. The van der Waals surface area contributed by atoms with Gasteiger partial charge < -0.3 is 28.9 Å². The molecule has 4 heterocycles. The van der Waals surface area contributed by atoms with Gasteiger partial charge in [0.25, 0.3) is 0 Å². The van der Waals surface area contributed by atoms with Gasteiger partial charge in [-0.25, -0.2) is 0 Å². The quantitative estimate of drug-likeness (QED) is 0.114. The smallest absolute Gasteiger partial charge is 0.0561 e. The van der Waals surface area contributed by atoms with Crippen LogP contribution in [-0.2, 0) is 18.3 Å². The van der Waals surface area contributed by atoms with Crippen molar-refractivity contribution in [2.75, 3.05) is 10.6 Å². The van der Waals surface area contributed by atoms with E-state index < -0.39 is 0 Å². The Labute approximate surface area is 728 Å². The Morgan fingerprint density at radius 3 is 0.984 bits per heavy atom. The van der Waals surface area contributed by atoms with Gasteiger partial charge in [-0.1, -0.05) is 347 Å². The Bertz CT molecular complexity index is 7800. The molecule has 0 radical (unpaired) electrons. The van der Waals surface area contributed by atoms with Crippen LogP contribution in [0.2, 0.25) is 0 Å². The first-order chi connectivity index (χ1) is 61.7. The molecule has 6 heteroatoms. The van der Waals surface area contributed by atoms with Crippen molar-refractivity contribution in [3.63, 3.8) is 0 Å². The first kappa shape index (κ1) is 76.4. The monoisotopic (exact) mass is 1600 g/mol. The average molecular weight is 1600 g/mol. The van der Waals surface area contributed by atoms with Crippen LogP contribution in [-0.4, -0.2) is 18.3 Å².